The average molecular weight is 639 g/mol. The van der Waals surface area contributed by atoms with Crippen molar-refractivity contribution in [3.05, 3.63) is 124 Å². The van der Waals surface area contributed by atoms with Crippen molar-refractivity contribution < 1.29 is 26.7 Å². The van der Waals surface area contributed by atoms with Gasteiger partial charge >= 0.3 is 0 Å². The van der Waals surface area contributed by atoms with Crippen LogP contribution >= 0.6 is 11.6 Å². The smallest absolute Gasteiger partial charge is 0.264 e. The highest BCUT2D eigenvalue weighted by atomic mass is 35.5. The van der Waals surface area contributed by atoms with Crippen molar-refractivity contribution >= 4 is 33.2 Å². The first-order valence-electron chi connectivity index (χ1n) is 14.4. The highest BCUT2D eigenvalue weighted by Gasteiger charge is 2.30. The Morgan fingerprint density at radius 2 is 1.70 bits per heavy atom. The summed E-state index contributed by atoms with van der Waals surface area (Å²) in [6.07, 6.45) is 3.38. The Labute approximate surface area is 261 Å². The molecule has 1 aliphatic heterocycles. The Bertz CT molecular complexity index is 1720. The van der Waals surface area contributed by atoms with Crippen molar-refractivity contribution in [3.8, 4) is 5.75 Å². The molecular weight excluding hydrogens is 606 g/mol. The van der Waals surface area contributed by atoms with E-state index in [-0.39, 0.29) is 30.0 Å². The third kappa shape index (κ3) is 7.22. The normalized spacial score (nSPS) is 15.2. The van der Waals surface area contributed by atoms with Crippen LogP contribution in [0.3, 0.4) is 0 Å². The van der Waals surface area contributed by atoms with E-state index in [0.29, 0.717) is 34.9 Å². The van der Waals surface area contributed by atoms with Crippen LogP contribution in [0.25, 0.3) is 0 Å². The van der Waals surface area contributed by atoms with Gasteiger partial charge in [-0.25, -0.2) is 17.2 Å². The molecule has 1 amide bonds. The minimum Gasteiger partial charge on any atom is -0.493 e. The molecule has 230 valence electrons. The number of nitrogens with zero attached hydrogens (tertiary/aromatic N) is 2. The maximum Gasteiger partial charge on any atom is 0.264 e. The van der Waals surface area contributed by atoms with E-state index in [2.05, 4.69) is 0 Å². The zero-order valence-electron chi connectivity index (χ0n) is 24.3. The van der Waals surface area contributed by atoms with Crippen molar-refractivity contribution in [1.82, 2.24) is 4.90 Å². The second kappa shape index (κ2) is 13.8. The highest BCUT2D eigenvalue weighted by Crippen LogP contribution is 2.32. The molecule has 44 heavy (non-hydrogen) atoms. The molecule has 0 N–H and O–H groups in total. The fourth-order valence-electron chi connectivity index (χ4n) is 5.38. The number of hydrogen-bond acceptors (Lipinski definition) is 4. The number of para-hydroxylation sites is 1. The van der Waals surface area contributed by atoms with Gasteiger partial charge in [-0.2, -0.15) is 0 Å². The number of sulfonamides is 1. The molecule has 10 heteroatoms. The second-order valence-electron chi connectivity index (χ2n) is 10.8. The summed E-state index contributed by atoms with van der Waals surface area (Å²) < 4.78 is 63.9. The molecule has 6 nitrogen and oxygen atoms in total. The van der Waals surface area contributed by atoms with E-state index in [0.717, 1.165) is 47.3 Å². The maximum absolute atomic E-state index is 15.0. The van der Waals surface area contributed by atoms with Crippen molar-refractivity contribution in [2.24, 2.45) is 0 Å². The van der Waals surface area contributed by atoms with Gasteiger partial charge in [0, 0.05) is 41.2 Å². The van der Waals surface area contributed by atoms with E-state index in [4.69, 9.17) is 16.3 Å². The molecule has 0 bridgehead atoms. The number of anilines is 1. The molecule has 1 atom stereocenters. The molecule has 1 unspecified atom stereocenters. The average Bonchev–Trinajstić information content (AvgIpc) is 3.02. The number of likely N-dealkylation sites (tertiary alicyclic amines) is 1. The van der Waals surface area contributed by atoms with Crippen molar-refractivity contribution in [2.45, 2.75) is 50.1 Å². The van der Waals surface area contributed by atoms with Crippen LogP contribution in [0.5, 0.6) is 5.75 Å². The number of benzene rings is 4. The Kier molecular flexibility index (Phi) is 9.86. The minimum absolute atomic E-state index is 0.00438. The van der Waals surface area contributed by atoms with Crippen LogP contribution in [0, 0.1) is 18.6 Å². The standard InChI is InChI=1S/C34H33ClF2N2O4S/c1-24-9-11-25(12-10-24)34(40)38-20-5-4-7-29(38)19-21-43-33-8-3-2-6-26(33)23-39(32-22-28(36)15-18-31(32)37)44(41,42)30-16-13-27(35)14-17-30/h2-3,6,8-18,22,29H,4-5,7,19-21,23H2,1H3. The number of carbonyl (C=O) groups excluding carboxylic acids is 1. The lowest BCUT2D eigenvalue weighted by Crippen LogP contribution is -2.44. The molecule has 1 fully saturated rings. The van der Waals surface area contributed by atoms with Gasteiger partial charge in [-0.15, -0.1) is 0 Å². The van der Waals surface area contributed by atoms with E-state index in [1.165, 1.54) is 24.3 Å². The molecule has 0 aromatic heterocycles. The van der Waals surface area contributed by atoms with Crippen LogP contribution in [0.2, 0.25) is 5.02 Å². The Morgan fingerprint density at radius 1 is 0.977 bits per heavy atom. The van der Waals surface area contributed by atoms with Crippen LogP contribution < -0.4 is 9.04 Å². The van der Waals surface area contributed by atoms with Gasteiger partial charge in [-0.05, 0) is 80.8 Å². The number of carbonyl (C=O) groups is 1. The molecule has 5 rings (SSSR count). The lowest BCUT2D eigenvalue weighted by molar-refractivity contribution is 0.0580. The quantitative estimate of drug-likeness (QED) is 0.178. The van der Waals surface area contributed by atoms with Gasteiger partial charge < -0.3 is 9.64 Å². The van der Waals surface area contributed by atoms with Gasteiger partial charge in [-0.3, -0.25) is 9.10 Å². The first-order chi connectivity index (χ1) is 21.1. The summed E-state index contributed by atoms with van der Waals surface area (Å²) in [5.74, 6) is -1.26. The summed E-state index contributed by atoms with van der Waals surface area (Å²) in [7, 11) is -4.34. The summed E-state index contributed by atoms with van der Waals surface area (Å²) in [5.41, 5.74) is 1.77. The number of piperidine rings is 1. The van der Waals surface area contributed by atoms with Crippen molar-refractivity contribution in [2.75, 3.05) is 17.5 Å². The summed E-state index contributed by atoms with van der Waals surface area (Å²) in [5, 5.41) is 0.336. The van der Waals surface area contributed by atoms with Crippen molar-refractivity contribution in [3.63, 3.8) is 0 Å². The van der Waals surface area contributed by atoms with E-state index in [1.54, 1.807) is 24.3 Å². The van der Waals surface area contributed by atoms with Gasteiger partial charge in [0.2, 0.25) is 0 Å². The predicted molar refractivity (Wildman–Crippen MR) is 168 cm³/mol. The summed E-state index contributed by atoms with van der Waals surface area (Å²) >= 11 is 5.97. The van der Waals surface area contributed by atoms with Gasteiger partial charge in [0.1, 0.15) is 17.4 Å². The molecule has 4 aromatic carbocycles. The monoisotopic (exact) mass is 638 g/mol. The van der Waals surface area contributed by atoms with Crippen LogP contribution in [0.15, 0.2) is 95.9 Å². The Morgan fingerprint density at radius 3 is 2.45 bits per heavy atom. The molecule has 1 saturated heterocycles. The van der Waals surface area contributed by atoms with E-state index < -0.39 is 27.3 Å². The number of ether oxygens (including phenoxy) is 1. The first kappa shape index (κ1) is 31.5. The van der Waals surface area contributed by atoms with Crippen LogP contribution in [-0.4, -0.2) is 38.4 Å². The predicted octanol–water partition coefficient (Wildman–Crippen LogP) is 7.79. The van der Waals surface area contributed by atoms with Crippen molar-refractivity contribution in [1.29, 1.82) is 0 Å². The van der Waals surface area contributed by atoms with Gasteiger partial charge in [0.25, 0.3) is 15.9 Å². The maximum atomic E-state index is 15.0. The highest BCUT2D eigenvalue weighted by molar-refractivity contribution is 7.92. The molecule has 0 saturated carbocycles. The fourth-order valence-corrected chi connectivity index (χ4v) is 6.94. The molecule has 4 aromatic rings. The van der Waals surface area contributed by atoms with E-state index in [9.17, 15) is 17.6 Å². The van der Waals surface area contributed by atoms with Gasteiger partial charge in [0.05, 0.1) is 23.7 Å². The molecular formula is C34H33ClF2N2O4S. The number of rotatable bonds is 10. The fraction of sp³-hybridized carbons (Fsp3) is 0.265. The van der Waals surface area contributed by atoms with E-state index in [1.807, 2.05) is 36.1 Å². The number of hydrogen-bond donors (Lipinski definition) is 0. The molecule has 0 aliphatic carbocycles. The second-order valence-corrected chi connectivity index (χ2v) is 13.1. The summed E-state index contributed by atoms with van der Waals surface area (Å²) in [6, 6.07) is 22.6. The zero-order chi connectivity index (χ0) is 31.3. The molecule has 0 radical (unpaired) electrons. The molecule has 1 aliphatic rings. The third-order valence-corrected chi connectivity index (χ3v) is 9.79. The van der Waals surface area contributed by atoms with Gasteiger partial charge in [0.15, 0.2) is 0 Å². The first-order valence-corrected chi connectivity index (χ1v) is 16.3. The van der Waals surface area contributed by atoms with Crippen LogP contribution in [0.4, 0.5) is 14.5 Å². The Balaban J connectivity index is 1.36. The SMILES string of the molecule is Cc1ccc(C(=O)N2CCCCC2CCOc2ccccc2CN(c2cc(F)ccc2F)S(=O)(=O)c2ccc(Cl)cc2)cc1. The zero-order valence-corrected chi connectivity index (χ0v) is 25.8. The topological polar surface area (TPSA) is 66.9 Å². The Hall–Kier alpha value is -3.95. The van der Waals surface area contributed by atoms with E-state index >= 15 is 4.39 Å². The lowest BCUT2D eigenvalue weighted by atomic mass is 9.98. The van der Waals surface area contributed by atoms with Crippen LogP contribution in [0.1, 0.15) is 47.2 Å². The summed E-state index contributed by atoms with van der Waals surface area (Å²) in [6.45, 7) is 2.61. The lowest BCUT2D eigenvalue weighted by Gasteiger charge is -2.36. The summed E-state index contributed by atoms with van der Waals surface area (Å²) in [4.78, 5) is 15.1. The van der Waals surface area contributed by atoms with Crippen LogP contribution in [-0.2, 0) is 16.6 Å². The van der Waals surface area contributed by atoms with Gasteiger partial charge in [-0.1, -0.05) is 47.5 Å². The number of halogens is 3. The molecule has 1 heterocycles. The number of amides is 1. The molecule has 0 spiro atoms. The minimum atomic E-state index is -4.34. The largest absolute Gasteiger partial charge is 0.493 e. The third-order valence-electron chi connectivity index (χ3n) is 7.76. The number of aryl methyl sites for hydroxylation is 1.